The Morgan fingerprint density at radius 3 is 2.73 bits per heavy atom. The average Bonchev–Trinajstić information content (AvgIpc) is 2.26. The molecule has 0 aromatic carbocycles. The number of rotatable bonds is 6. The Hall–Kier alpha value is -0.530. The number of nitrogens with zero attached hydrogens (tertiary/aromatic N) is 1. The Balaban J connectivity index is 2.32. The molecule has 1 amide bonds. The van der Waals surface area contributed by atoms with Crippen molar-refractivity contribution in [1.29, 1.82) is 0 Å². The molecule has 1 atom stereocenters. The molecule has 1 saturated heterocycles. The van der Waals surface area contributed by atoms with E-state index in [0.29, 0.717) is 5.91 Å². The molecule has 1 unspecified atom stereocenters. The number of carbonyl (C=O) groups excluding carboxylic acids is 1. The summed E-state index contributed by atoms with van der Waals surface area (Å²) in [6.45, 7) is 6.49. The van der Waals surface area contributed by atoms with Crippen molar-refractivity contribution in [3.8, 4) is 0 Å². The highest BCUT2D eigenvalue weighted by molar-refractivity contribution is 5.76. The number of hydrogen-bond donors (Lipinski definition) is 0. The van der Waals surface area contributed by atoms with Gasteiger partial charge in [-0.2, -0.15) is 0 Å². The van der Waals surface area contributed by atoms with Crippen LogP contribution in [0, 0.1) is 5.92 Å². The summed E-state index contributed by atoms with van der Waals surface area (Å²) in [4.78, 5) is 13.7. The van der Waals surface area contributed by atoms with Gasteiger partial charge in [-0.1, -0.05) is 33.1 Å². The monoisotopic (exact) mass is 211 g/mol. The second-order valence-electron chi connectivity index (χ2n) is 4.71. The number of likely N-dealkylation sites (tertiary alicyclic amines) is 1. The zero-order valence-electron chi connectivity index (χ0n) is 10.3. The van der Waals surface area contributed by atoms with E-state index >= 15 is 0 Å². The molecular weight excluding hydrogens is 186 g/mol. The molecule has 15 heavy (non-hydrogen) atoms. The van der Waals surface area contributed by atoms with Crippen LogP contribution in [0.4, 0.5) is 0 Å². The molecule has 0 aromatic rings. The Bertz CT molecular complexity index is 191. The zero-order valence-corrected chi connectivity index (χ0v) is 10.3. The first-order valence-electron chi connectivity index (χ1n) is 6.55. The lowest BCUT2D eigenvalue weighted by Gasteiger charge is -2.30. The van der Waals surface area contributed by atoms with Crippen LogP contribution < -0.4 is 0 Å². The van der Waals surface area contributed by atoms with E-state index in [-0.39, 0.29) is 0 Å². The van der Waals surface area contributed by atoms with Crippen LogP contribution in [0.15, 0.2) is 0 Å². The molecule has 1 aliphatic heterocycles. The Morgan fingerprint density at radius 2 is 2.13 bits per heavy atom. The van der Waals surface area contributed by atoms with Gasteiger partial charge in [0.25, 0.3) is 0 Å². The smallest absolute Gasteiger partial charge is 0.222 e. The maximum absolute atomic E-state index is 11.6. The quantitative estimate of drug-likeness (QED) is 0.660. The highest BCUT2D eigenvalue weighted by Gasteiger charge is 2.20. The first-order valence-corrected chi connectivity index (χ1v) is 6.55. The second kappa shape index (κ2) is 6.86. The Morgan fingerprint density at radius 1 is 1.33 bits per heavy atom. The van der Waals surface area contributed by atoms with E-state index in [1.807, 2.05) is 0 Å². The van der Waals surface area contributed by atoms with Crippen molar-refractivity contribution in [2.75, 3.05) is 13.1 Å². The summed E-state index contributed by atoms with van der Waals surface area (Å²) in [6, 6.07) is 0. The average molecular weight is 211 g/mol. The summed E-state index contributed by atoms with van der Waals surface area (Å²) < 4.78 is 0. The van der Waals surface area contributed by atoms with Crippen molar-refractivity contribution in [1.82, 2.24) is 4.90 Å². The highest BCUT2D eigenvalue weighted by Crippen LogP contribution is 2.18. The van der Waals surface area contributed by atoms with Crippen LogP contribution in [-0.4, -0.2) is 23.9 Å². The van der Waals surface area contributed by atoms with Gasteiger partial charge in [-0.3, -0.25) is 4.79 Å². The zero-order chi connectivity index (χ0) is 11.1. The van der Waals surface area contributed by atoms with Crippen LogP contribution in [0.5, 0.6) is 0 Å². The number of unbranched alkanes of at least 4 members (excludes halogenated alkanes) is 1. The van der Waals surface area contributed by atoms with Crippen molar-refractivity contribution in [3.05, 3.63) is 0 Å². The molecule has 0 saturated carbocycles. The third kappa shape index (κ3) is 4.23. The normalized spacial score (nSPS) is 19.3. The Labute approximate surface area is 94.0 Å². The second-order valence-corrected chi connectivity index (χ2v) is 4.71. The lowest BCUT2D eigenvalue weighted by molar-refractivity contribution is -0.134. The third-order valence-electron chi connectivity index (χ3n) is 3.44. The van der Waals surface area contributed by atoms with E-state index in [4.69, 9.17) is 0 Å². The molecule has 88 valence electrons. The number of amides is 1. The van der Waals surface area contributed by atoms with Crippen molar-refractivity contribution in [3.63, 3.8) is 0 Å². The van der Waals surface area contributed by atoms with Gasteiger partial charge in [0.15, 0.2) is 0 Å². The first-order chi connectivity index (χ1) is 7.27. The van der Waals surface area contributed by atoms with Gasteiger partial charge in [-0.15, -0.1) is 0 Å². The minimum atomic E-state index is 0.385. The fourth-order valence-electron chi connectivity index (χ4n) is 2.28. The number of carbonyl (C=O) groups is 1. The fourth-order valence-corrected chi connectivity index (χ4v) is 2.28. The molecule has 0 spiro atoms. The summed E-state index contributed by atoms with van der Waals surface area (Å²) >= 11 is 0. The topological polar surface area (TPSA) is 20.3 Å². The third-order valence-corrected chi connectivity index (χ3v) is 3.44. The molecule has 1 fully saturated rings. The number of piperidine rings is 1. The van der Waals surface area contributed by atoms with E-state index in [9.17, 15) is 4.79 Å². The molecule has 0 bridgehead atoms. The molecular formula is C13H25NO. The predicted molar refractivity (Wildman–Crippen MR) is 63.7 cm³/mol. The molecule has 2 nitrogen and oxygen atoms in total. The minimum Gasteiger partial charge on any atom is -0.342 e. The molecule has 0 radical (unpaired) electrons. The maximum atomic E-state index is 11.6. The SMILES string of the molecule is CCCCC(CC)CN1CCCCC1=O. The van der Waals surface area contributed by atoms with Crippen molar-refractivity contribution >= 4 is 5.91 Å². The lowest BCUT2D eigenvalue weighted by atomic mass is 9.97. The van der Waals surface area contributed by atoms with Crippen molar-refractivity contribution in [2.24, 2.45) is 5.92 Å². The van der Waals surface area contributed by atoms with Gasteiger partial charge < -0.3 is 4.90 Å². The van der Waals surface area contributed by atoms with Crippen LogP contribution in [0.2, 0.25) is 0 Å². The van der Waals surface area contributed by atoms with Gasteiger partial charge in [0.1, 0.15) is 0 Å². The maximum Gasteiger partial charge on any atom is 0.222 e. The summed E-state index contributed by atoms with van der Waals surface area (Å²) in [6.07, 6.45) is 8.16. The fraction of sp³-hybridized carbons (Fsp3) is 0.923. The molecule has 0 aliphatic carbocycles. The summed E-state index contributed by atoms with van der Waals surface area (Å²) in [5, 5.41) is 0. The van der Waals surface area contributed by atoms with E-state index < -0.39 is 0 Å². The molecule has 0 aromatic heterocycles. The number of hydrogen-bond acceptors (Lipinski definition) is 1. The predicted octanol–water partition coefficient (Wildman–Crippen LogP) is 3.22. The van der Waals surface area contributed by atoms with E-state index in [1.165, 1.54) is 32.1 Å². The van der Waals surface area contributed by atoms with Crippen LogP contribution >= 0.6 is 0 Å². The lowest BCUT2D eigenvalue weighted by Crippen LogP contribution is -2.38. The van der Waals surface area contributed by atoms with Gasteiger partial charge in [0, 0.05) is 19.5 Å². The van der Waals surface area contributed by atoms with Gasteiger partial charge in [-0.25, -0.2) is 0 Å². The van der Waals surface area contributed by atoms with Gasteiger partial charge >= 0.3 is 0 Å². The summed E-state index contributed by atoms with van der Waals surface area (Å²) in [5.74, 6) is 1.11. The molecule has 1 heterocycles. The van der Waals surface area contributed by atoms with Crippen molar-refractivity contribution in [2.45, 2.75) is 58.8 Å². The summed E-state index contributed by atoms with van der Waals surface area (Å²) in [5.41, 5.74) is 0. The van der Waals surface area contributed by atoms with Crippen molar-refractivity contribution < 1.29 is 4.79 Å². The van der Waals surface area contributed by atoms with Gasteiger partial charge in [-0.05, 0) is 25.2 Å². The van der Waals surface area contributed by atoms with E-state index in [1.54, 1.807) is 0 Å². The standard InChI is InChI=1S/C13H25NO/c1-3-5-8-12(4-2)11-14-10-7-6-9-13(14)15/h12H,3-11H2,1-2H3. The van der Waals surface area contributed by atoms with Gasteiger partial charge in [0.2, 0.25) is 5.91 Å². The highest BCUT2D eigenvalue weighted by atomic mass is 16.2. The van der Waals surface area contributed by atoms with Crippen LogP contribution in [0.1, 0.15) is 58.8 Å². The van der Waals surface area contributed by atoms with Gasteiger partial charge in [0.05, 0.1) is 0 Å². The van der Waals surface area contributed by atoms with Crippen LogP contribution in [0.3, 0.4) is 0 Å². The molecule has 0 N–H and O–H groups in total. The Kier molecular flexibility index (Phi) is 5.74. The molecule has 2 heteroatoms. The van der Waals surface area contributed by atoms with E-state index in [2.05, 4.69) is 18.7 Å². The van der Waals surface area contributed by atoms with E-state index in [0.717, 1.165) is 31.8 Å². The minimum absolute atomic E-state index is 0.385. The van der Waals surface area contributed by atoms with Crippen LogP contribution in [0.25, 0.3) is 0 Å². The summed E-state index contributed by atoms with van der Waals surface area (Å²) in [7, 11) is 0. The first kappa shape index (κ1) is 12.5. The van der Waals surface area contributed by atoms with Crippen LogP contribution in [-0.2, 0) is 4.79 Å². The molecule has 1 rings (SSSR count). The largest absolute Gasteiger partial charge is 0.342 e. The molecule has 1 aliphatic rings.